The maximum absolute atomic E-state index is 14.2. The third-order valence-electron chi connectivity index (χ3n) is 6.97. The zero-order chi connectivity index (χ0) is 30.7. The number of anilines is 1. The van der Waals surface area contributed by atoms with Gasteiger partial charge < -0.3 is 15.0 Å². The highest BCUT2D eigenvalue weighted by atomic mass is 32.2. The van der Waals surface area contributed by atoms with E-state index in [1.54, 1.807) is 36.4 Å². The molecule has 0 aromatic heterocycles. The number of nitrogens with one attached hydrogen (secondary N) is 1. The number of amides is 2. The van der Waals surface area contributed by atoms with Crippen LogP contribution >= 0.6 is 0 Å². The van der Waals surface area contributed by atoms with Crippen molar-refractivity contribution in [3.8, 4) is 5.75 Å². The molecule has 42 heavy (non-hydrogen) atoms. The molecule has 0 bridgehead atoms. The van der Waals surface area contributed by atoms with Gasteiger partial charge in [0.25, 0.3) is 10.0 Å². The van der Waals surface area contributed by atoms with Crippen LogP contribution in [0, 0.1) is 13.8 Å². The average molecular weight is 594 g/mol. The van der Waals surface area contributed by atoms with E-state index in [0.717, 1.165) is 33.8 Å². The monoisotopic (exact) mass is 593 g/mol. The van der Waals surface area contributed by atoms with Gasteiger partial charge in [-0.1, -0.05) is 67.8 Å². The third kappa shape index (κ3) is 8.58. The molecule has 226 valence electrons. The zero-order valence-electron chi connectivity index (χ0n) is 25.3. The van der Waals surface area contributed by atoms with Crippen molar-refractivity contribution in [3.63, 3.8) is 0 Å². The lowest BCUT2D eigenvalue weighted by Crippen LogP contribution is -2.52. The second kappa shape index (κ2) is 15.4. The van der Waals surface area contributed by atoms with E-state index < -0.39 is 28.5 Å². The molecule has 8 nitrogen and oxygen atoms in total. The highest BCUT2D eigenvalue weighted by molar-refractivity contribution is 7.92. The smallest absolute Gasteiger partial charge is 0.264 e. The van der Waals surface area contributed by atoms with E-state index in [0.29, 0.717) is 31.0 Å². The Kier molecular flexibility index (Phi) is 12.0. The molecule has 0 aliphatic rings. The van der Waals surface area contributed by atoms with Crippen LogP contribution in [0.3, 0.4) is 0 Å². The summed E-state index contributed by atoms with van der Waals surface area (Å²) in [6, 6.07) is 20.1. The standard InChI is InChI=1S/C33H43N3O5S/c1-6-9-21-34-33(38)31(7-2)35(23-27-12-10-11-26(5)22-27)32(37)24-36(28-15-13-25(4)14-16-28)42(39,40)30-19-17-29(18-20-30)41-8-3/h10-20,22,31H,6-9,21,23-24H2,1-5H3,(H,34,38)/t31-/m0/s1. The second-order valence-corrected chi connectivity index (χ2v) is 12.2. The van der Waals surface area contributed by atoms with Crippen molar-refractivity contribution >= 4 is 27.5 Å². The number of aryl methyl sites for hydroxylation is 2. The lowest BCUT2D eigenvalue weighted by atomic mass is 10.1. The van der Waals surface area contributed by atoms with Crippen molar-refractivity contribution in [2.75, 3.05) is 24.0 Å². The van der Waals surface area contributed by atoms with Crippen LogP contribution in [0.15, 0.2) is 77.7 Å². The van der Waals surface area contributed by atoms with Crippen LogP contribution < -0.4 is 14.4 Å². The lowest BCUT2D eigenvalue weighted by Gasteiger charge is -2.33. The minimum Gasteiger partial charge on any atom is -0.494 e. The summed E-state index contributed by atoms with van der Waals surface area (Å²) in [6.07, 6.45) is 2.14. The number of hydrogen-bond acceptors (Lipinski definition) is 5. The van der Waals surface area contributed by atoms with Gasteiger partial charge in [-0.05, 0) is 75.6 Å². The van der Waals surface area contributed by atoms with Crippen molar-refractivity contribution in [1.82, 2.24) is 10.2 Å². The van der Waals surface area contributed by atoms with Crippen molar-refractivity contribution in [3.05, 3.63) is 89.5 Å². The molecule has 3 aromatic carbocycles. The molecule has 0 aliphatic heterocycles. The van der Waals surface area contributed by atoms with Crippen LogP contribution in [0.25, 0.3) is 0 Å². The Morgan fingerprint density at radius 2 is 1.60 bits per heavy atom. The van der Waals surface area contributed by atoms with E-state index >= 15 is 0 Å². The number of ether oxygens (including phenoxy) is 1. The number of sulfonamides is 1. The normalized spacial score (nSPS) is 11.9. The fourth-order valence-electron chi connectivity index (χ4n) is 4.67. The maximum atomic E-state index is 14.2. The average Bonchev–Trinajstić information content (AvgIpc) is 2.97. The Morgan fingerprint density at radius 3 is 2.19 bits per heavy atom. The summed E-state index contributed by atoms with van der Waals surface area (Å²) in [7, 11) is -4.15. The predicted octanol–water partition coefficient (Wildman–Crippen LogP) is 5.62. The number of hydrogen-bond donors (Lipinski definition) is 1. The molecule has 1 N–H and O–H groups in total. The zero-order valence-corrected chi connectivity index (χ0v) is 26.1. The van der Waals surface area contributed by atoms with Gasteiger partial charge in [0, 0.05) is 13.1 Å². The van der Waals surface area contributed by atoms with Gasteiger partial charge in [0.1, 0.15) is 18.3 Å². The SMILES string of the molecule is CCCCNC(=O)[C@H](CC)N(Cc1cccc(C)c1)C(=O)CN(c1ccc(C)cc1)S(=O)(=O)c1ccc(OCC)cc1. The summed E-state index contributed by atoms with van der Waals surface area (Å²) in [5, 5.41) is 2.95. The highest BCUT2D eigenvalue weighted by Crippen LogP contribution is 2.26. The van der Waals surface area contributed by atoms with Crippen LogP contribution in [0.5, 0.6) is 5.75 Å². The molecule has 0 saturated carbocycles. The van der Waals surface area contributed by atoms with E-state index in [1.165, 1.54) is 17.0 Å². The fourth-order valence-corrected chi connectivity index (χ4v) is 6.09. The van der Waals surface area contributed by atoms with E-state index in [9.17, 15) is 18.0 Å². The Bertz CT molecular complexity index is 1420. The minimum absolute atomic E-state index is 0.0360. The van der Waals surface area contributed by atoms with E-state index in [-0.39, 0.29) is 17.3 Å². The highest BCUT2D eigenvalue weighted by Gasteiger charge is 2.33. The number of nitrogens with zero attached hydrogens (tertiary/aromatic N) is 2. The van der Waals surface area contributed by atoms with E-state index in [4.69, 9.17) is 4.74 Å². The van der Waals surface area contributed by atoms with Crippen molar-refractivity contribution in [2.24, 2.45) is 0 Å². The summed E-state index contributed by atoms with van der Waals surface area (Å²) in [4.78, 5) is 29.0. The van der Waals surface area contributed by atoms with Crippen LogP contribution in [-0.2, 0) is 26.2 Å². The molecule has 0 heterocycles. The van der Waals surface area contributed by atoms with E-state index in [2.05, 4.69) is 5.32 Å². The fraction of sp³-hybridized carbons (Fsp3) is 0.394. The molecule has 3 aromatic rings. The topological polar surface area (TPSA) is 96.0 Å². The maximum Gasteiger partial charge on any atom is 0.264 e. The van der Waals surface area contributed by atoms with Gasteiger partial charge in [-0.3, -0.25) is 13.9 Å². The first-order valence-corrected chi connectivity index (χ1v) is 16.0. The summed E-state index contributed by atoms with van der Waals surface area (Å²) >= 11 is 0. The van der Waals surface area contributed by atoms with Crippen LogP contribution in [0.4, 0.5) is 5.69 Å². The first-order chi connectivity index (χ1) is 20.1. The predicted molar refractivity (Wildman–Crippen MR) is 167 cm³/mol. The number of rotatable bonds is 15. The van der Waals surface area contributed by atoms with Crippen molar-refractivity contribution in [2.45, 2.75) is 71.4 Å². The second-order valence-electron chi connectivity index (χ2n) is 10.3. The molecule has 3 rings (SSSR count). The third-order valence-corrected chi connectivity index (χ3v) is 8.76. The first kappa shape index (κ1) is 32.7. The number of unbranched alkanes of at least 4 members (excludes halogenated alkanes) is 1. The van der Waals surface area contributed by atoms with E-state index in [1.807, 2.05) is 58.9 Å². The summed E-state index contributed by atoms with van der Waals surface area (Å²) < 4.78 is 34.7. The molecular formula is C33H43N3O5S. The minimum atomic E-state index is -4.15. The number of carbonyl (C=O) groups excluding carboxylic acids is 2. The van der Waals surface area contributed by atoms with Gasteiger partial charge in [-0.2, -0.15) is 0 Å². The van der Waals surface area contributed by atoms with Crippen molar-refractivity contribution in [1.29, 1.82) is 0 Å². The summed E-state index contributed by atoms with van der Waals surface area (Å²) in [5.41, 5.74) is 3.21. The Hall–Kier alpha value is -3.85. The van der Waals surface area contributed by atoms with Gasteiger partial charge in [0.05, 0.1) is 17.2 Å². The van der Waals surface area contributed by atoms with Crippen LogP contribution in [0.1, 0.15) is 56.7 Å². The molecular weight excluding hydrogens is 550 g/mol. The molecule has 1 atom stereocenters. The molecule has 0 spiro atoms. The molecule has 0 saturated heterocycles. The summed E-state index contributed by atoms with van der Waals surface area (Å²) in [6.45, 7) is 10.3. The number of benzene rings is 3. The Labute approximate surface area is 250 Å². The molecule has 0 radical (unpaired) electrons. The lowest BCUT2D eigenvalue weighted by molar-refractivity contribution is -0.140. The first-order valence-electron chi connectivity index (χ1n) is 14.6. The molecule has 0 fully saturated rings. The largest absolute Gasteiger partial charge is 0.494 e. The Morgan fingerprint density at radius 1 is 0.905 bits per heavy atom. The van der Waals surface area contributed by atoms with Gasteiger partial charge in [-0.25, -0.2) is 8.42 Å². The van der Waals surface area contributed by atoms with Crippen LogP contribution in [0.2, 0.25) is 0 Å². The van der Waals surface area contributed by atoms with Gasteiger partial charge in [0.2, 0.25) is 11.8 Å². The van der Waals surface area contributed by atoms with Gasteiger partial charge >= 0.3 is 0 Å². The molecule has 0 unspecified atom stereocenters. The van der Waals surface area contributed by atoms with Gasteiger partial charge in [0.15, 0.2) is 0 Å². The number of carbonyl (C=O) groups is 2. The van der Waals surface area contributed by atoms with Crippen LogP contribution in [-0.4, -0.2) is 50.9 Å². The quantitative estimate of drug-likeness (QED) is 0.231. The molecule has 2 amide bonds. The molecule has 0 aliphatic carbocycles. The summed E-state index contributed by atoms with van der Waals surface area (Å²) in [5.74, 6) is -0.161. The van der Waals surface area contributed by atoms with Crippen molar-refractivity contribution < 1.29 is 22.7 Å². The van der Waals surface area contributed by atoms with Gasteiger partial charge in [-0.15, -0.1) is 0 Å². The Balaban J connectivity index is 2.02. The molecule has 9 heteroatoms.